The number of nitrogens with two attached hydrogens (primary N) is 3. The molecule has 0 unspecified atom stereocenters. The number of nitrogen functional groups attached to an aromatic ring is 1. The van der Waals surface area contributed by atoms with Crippen molar-refractivity contribution in [2.24, 2.45) is 16.5 Å². The Balaban J connectivity index is 0.00000122. The van der Waals surface area contributed by atoms with Gasteiger partial charge in [0.05, 0.1) is 16.8 Å². The molecule has 1 aliphatic rings. The summed E-state index contributed by atoms with van der Waals surface area (Å²) in [4.78, 5) is 24.3. The van der Waals surface area contributed by atoms with Gasteiger partial charge in [-0.1, -0.05) is 32.3 Å². The predicted octanol–water partition coefficient (Wildman–Crippen LogP) is 2.13. The molecule has 0 radical (unpaired) electrons. The van der Waals surface area contributed by atoms with Gasteiger partial charge in [-0.3, -0.25) is 4.79 Å². The molecule has 1 aromatic heterocycles. The summed E-state index contributed by atoms with van der Waals surface area (Å²) in [7, 11) is -3.69. The molecule has 1 fully saturated rings. The Morgan fingerprint density at radius 3 is 2.48 bits per heavy atom. The lowest BCUT2D eigenvalue weighted by molar-refractivity contribution is 0.0998. The number of aryl methyl sites for hydroxylation is 1. The first kappa shape index (κ1) is 26.4. The van der Waals surface area contributed by atoms with E-state index in [1.54, 1.807) is 12.1 Å². The van der Waals surface area contributed by atoms with Gasteiger partial charge in [0.1, 0.15) is 5.84 Å². The minimum atomic E-state index is -3.69. The lowest BCUT2D eigenvalue weighted by Crippen LogP contribution is -2.36. The maximum absolute atomic E-state index is 12.9. The molecule has 1 saturated carbocycles. The fourth-order valence-electron chi connectivity index (χ4n) is 3.45. The number of sulfonamides is 1. The zero-order valence-electron chi connectivity index (χ0n) is 19.3. The standard InChI is InChI=1S/C20H26N6O3S.C2H7N/c1-12-8-9-15(30(28,29)26-14-6-4-3-5-7-14)10-16(12)17-11-23-19(22)18(25-17)20(27)24-13(2)21;1-2-3/h8-11,14,26H,3-7H2,1-2H3,(H2,22,23)(H2,21,24,27);2-3H2,1H3. The third-order valence-corrected chi connectivity index (χ3v) is 6.52. The average molecular weight is 476 g/mol. The highest BCUT2D eigenvalue weighted by molar-refractivity contribution is 7.89. The summed E-state index contributed by atoms with van der Waals surface area (Å²) < 4.78 is 28.6. The summed E-state index contributed by atoms with van der Waals surface area (Å²) in [5, 5.41) is 0. The molecule has 10 nitrogen and oxygen atoms in total. The molecule has 3 rings (SSSR count). The Morgan fingerprint density at radius 1 is 1.24 bits per heavy atom. The molecule has 0 atom stereocenters. The van der Waals surface area contributed by atoms with Crippen molar-refractivity contribution in [3.8, 4) is 11.3 Å². The van der Waals surface area contributed by atoms with Crippen molar-refractivity contribution in [1.82, 2.24) is 14.7 Å². The van der Waals surface area contributed by atoms with Gasteiger partial charge >= 0.3 is 5.91 Å². The summed E-state index contributed by atoms with van der Waals surface area (Å²) in [5.74, 6) is -0.707. The van der Waals surface area contributed by atoms with Crippen molar-refractivity contribution in [2.75, 3.05) is 12.3 Å². The van der Waals surface area contributed by atoms with Gasteiger partial charge in [-0.2, -0.15) is 4.99 Å². The van der Waals surface area contributed by atoms with Crippen molar-refractivity contribution < 1.29 is 13.2 Å². The molecule has 33 heavy (non-hydrogen) atoms. The first-order valence-electron chi connectivity index (χ1n) is 10.9. The smallest absolute Gasteiger partial charge is 0.301 e. The summed E-state index contributed by atoms with van der Waals surface area (Å²) in [6.07, 6.45) is 6.27. The minimum absolute atomic E-state index is 0.0496. The fourth-order valence-corrected chi connectivity index (χ4v) is 4.78. The van der Waals surface area contributed by atoms with Crippen LogP contribution in [0.2, 0.25) is 0 Å². The third kappa shape index (κ3) is 7.31. The molecule has 1 heterocycles. The molecule has 0 spiro atoms. The van der Waals surface area contributed by atoms with Crippen LogP contribution in [0.3, 0.4) is 0 Å². The van der Waals surface area contributed by atoms with Crippen LogP contribution >= 0.6 is 0 Å². The van der Waals surface area contributed by atoms with Crippen molar-refractivity contribution in [3.63, 3.8) is 0 Å². The van der Waals surface area contributed by atoms with E-state index in [1.807, 2.05) is 13.8 Å². The first-order valence-corrected chi connectivity index (χ1v) is 12.4. The summed E-state index contributed by atoms with van der Waals surface area (Å²) >= 11 is 0. The lowest BCUT2D eigenvalue weighted by Gasteiger charge is -2.22. The zero-order chi connectivity index (χ0) is 24.6. The number of amides is 1. The molecule has 11 heteroatoms. The molecule has 1 amide bonds. The van der Waals surface area contributed by atoms with E-state index in [1.165, 1.54) is 19.2 Å². The SMILES string of the molecule is CC(N)=NC(=O)c1nc(-c2cc(S(=O)(=O)NC3CCCCC3)ccc2C)cnc1N.CCN. The number of carbonyl (C=O) groups is 1. The molecule has 0 aliphatic heterocycles. The van der Waals surface area contributed by atoms with Crippen molar-refractivity contribution in [1.29, 1.82) is 0 Å². The maximum Gasteiger partial charge on any atom is 0.301 e. The number of amidine groups is 1. The van der Waals surface area contributed by atoms with Gasteiger partial charge in [-0.15, -0.1) is 0 Å². The number of anilines is 1. The second kappa shape index (κ2) is 11.8. The number of hydrogen-bond acceptors (Lipinski definition) is 7. The van der Waals surface area contributed by atoms with Gasteiger partial charge in [-0.25, -0.2) is 23.1 Å². The number of carbonyl (C=O) groups excluding carboxylic acids is 1. The van der Waals surface area contributed by atoms with E-state index in [0.717, 1.165) is 44.2 Å². The van der Waals surface area contributed by atoms with Crippen molar-refractivity contribution in [2.45, 2.75) is 63.8 Å². The Labute approximate surface area is 195 Å². The number of nitrogens with one attached hydrogen (secondary N) is 1. The van der Waals surface area contributed by atoms with Crippen molar-refractivity contribution >= 4 is 27.6 Å². The quantitative estimate of drug-likeness (QED) is 0.375. The van der Waals surface area contributed by atoms with E-state index >= 15 is 0 Å². The molecule has 7 N–H and O–H groups in total. The highest BCUT2D eigenvalue weighted by atomic mass is 32.2. The van der Waals surface area contributed by atoms with E-state index in [9.17, 15) is 13.2 Å². The second-order valence-electron chi connectivity index (χ2n) is 7.89. The van der Waals surface area contributed by atoms with Gasteiger partial charge in [0.2, 0.25) is 10.0 Å². The molecular weight excluding hydrogens is 442 g/mol. The number of aliphatic imine (C=N–C) groups is 1. The lowest BCUT2D eigenvalue weighted by atomic mass is 9.96. The average Bonchev–Trinajstić information content (AvgIpc) is 2.75. The van der Waals surface area contributed by atoms with E-state index in [-0.39, 0.29) is 28.3 Å². The number of rotatable bonds is 5. The molecular formula is C22H33N7O3S. The molecule has 180 valence electrons. The van der Waals surface area contributed by atoms with Crippen LogP contribution in [0.1, 0.15) is 62.0 Å². The van der Waals surface area contributed by atoms with Gasteiger partial charge in [-0.05, 0) is 50.9 Å². The second-order valence-corrected chi connectivity index (χ2v) is 9.60. The van der Waals surface area contributed by atoms with Crippen LogP contribution in [0.5, 0.6) is 0 Å². The van der Waals surface area contributed by atoms with E-state index in [2.05, 4.69) is 19.7 Å². The normalized spacial score (nSPS) is 15.0. The largest absolute Gasteiger partial charge is 0.387 e. The van der Waals surface area contributed by atoms with E-state index in [4.69, 9.17) is 17.2 Å². The molecule has 2 aromatic rings. The van der Waals surface area contributed by atoms with E-state index in [0.29, 0.717) is 11.3 Å². The molecule has 0 bridgehead atoms. The van der Waals surface area contributed by atoms with E-state index < -0.39 is 15.9 Å². The first-order chi connectivity index (χ1) is 15.6. The monoisotopic (exact) mass is 475 g/mol. The Bertz CT molecular complexity index is 1110. The van der Waals surface area contributed by atoms with Crippen LogP contribution in [-0.4, -0.2) is 42.7 Å². The summed E-state index contributed by atoms with van der Waals surface area (Å²) in [5.41, 5.74) is 17.6. The van der Waals surface area contributed by atoms with Gasteiger partial charge < -0.3 is 17.2 Å². The molecule has 1 aromatic carbocycles. The minimum Gasteiger partial charge on any atom is -0.387 e. The molecule has 1 aliphatic carbocycles. The van der Waals surface area contributed by atoms with Gasteiger partial charge in [0.15, 0.2) is 11.5 Å². The highest BCUT2D eigenvalue weighted by Gasteiger charge is 2.23. The van der Waals surface area contributed by atoms with Crippen LogP contribution in [0.25, 0.3) is 11.3 Å². The van der Waals surface area contributed by atoms with Crippen LogP contribution in [-0.2, 0) is 10.0 Å². The van der Waals surface area contributed by atoms with Crippen molar-refractivity contribution in [3.05, 3.63) is 35.7 Å². The Hall–Kier alpha value is -2.89. The summed E-state index contributed by atoms with van der Waals surface area (Å²) in [6.45, 7) is 5.95. The molecule has 0 saturated heterocycles. The van der Waals surface area contributed by atoms with Crippen LogP contribution in [0, 0.1) is 6.92 Å². The maximum atomic E-state index is 12.9. The number of nitrogens with zero attached hydrogens (tertiary/aromatic N) is 3. The zero-order valence-corrected chi connectivity index (χ0v) is 20.2. The van der Waals surface area contributed by atoms with Crippen LogP contribution < -0.4 is 21.9 Å². The van der Waals surface area contributed by atoms with Gasteiger partial charge in [0.25, 0.3) is 0 Å². The third-order valence-electron chi connectivity index (χ3n) is 5.00. The predicted molar refractivity (Wildman–Crippen MR) is 130 cm³/mol. The fraction of sp³-hybridized carbons (Fsp3) is 0.455. The Kier molecular flexibility index (Phi) is 9.44. The topological polar surface area (TPSA) is 179 Å². The van der Waals surface area contributed by atoms with Crippen LogP contribution in [0.15, 0.2) is 34.3 Å². The summed E-state index contributed by atoms with van der Waals surface area (Å²) in [6, 6.07) is 4.74. The number of benzene rings is 1. The number of aromatic nitrogens is 2. The Morgan fingerprint density at radius 2 is 1.88 bits per heavy atom. The highest BCUT2D eigenvalue weighted by Crippen LogP contribution is 2.27. The van der Waals surface area contributed by atoms with Crippen LogP contribution in [0.4, 0.5) is 5.82 Å². The number of hydrogen-bond donors (Lipinski definition) is 4. The van der Waals surface area contributed by atoms with Gasteiger partial charge in [0, 0.05) is 11.6 Å².